The van der Waals surface area contributed by atoms with Crippen LogP contribution in [0.15, 0.2) is 12.1 Å². The molecule has 0 bridgehead atoms. The van der Waals surface area contributed by atoms with Gasteiger partial charge < -0.3 is 9.84 Å². The Morgan fingerprint density at radius 3 is 2.28 bits per heavy atom. The second kappa shape index (κ2) is 5.17. The molecule has 0 heterocycles. The first-order valence-corrected chi connectivity index (χ1v) is 5.85. The molecule has 0 atom stereocenters. The number of rotatable bonds is 3. The normalized spacial score (nSPS) is 11.2. The van der Waals surface area contributed by atoms with Crippen LogP contribution in [0.3, 0.4) is 0 Å². The van der Waals surface area contributed by atoms with Gasteiger partial charge in [-0.25, -0.2) is 9.18 Å². The van der Waals surface area contributed by atoms with Crippen LogP contribution in [-0.2, 0) is 4.79 Å². The van der Waals surface area contributed by atoms with Crippen LogP contribution in [0, 0.1) is 11.6 Å². The predicted molar refractivity (Wildman–Crippen MR) is 67.1 cm³/mol. The van der Waals surface area contributed by atoms with Crippen molar-refractivity contribution in [2.45, 2.75) is 17.3 Å². The minimum atomic E-state index is -1.60. The van der Waals surface area contributed by atoms with Crippen molar-refractivity contribution in [3.63, 3.8) is 0 Å². The number of carbonyl (C=O) groups is 2. The van der Waals surface area contributed by atoms with E-state index in [1.807, 2.05) is 0 Å². The van der Waals surface area contributed by atoms with E-state index in [0.717, 1.165) is 12.1 Å². The van der Waals surface area contributed by atoms with E-state index in [9.17, 15) is 18.4 Å². The summed E-state index contributed by atoms with van der Waals surface area (Å²) in [5.41, 5.74) is -0.818. The average Bonchev–Trinajstić information content (AvgIpc) is 2.22. The number of benzene rings is 1. The van der Waals surface area contributed by atoms with Crippen molar-refractivity contribution in [2.24, 2.45) is 0 Å². The molecule has 0 spiro atoms. The Bertz CT molecular complexity index is 509. The lowest BCUT2D eigenvalue weighted by atomic mass is 10.2. The average molecular weight is 370 g/mol. The Balaban J connectivity index is 3.11. The van der Waals surface area contributed by atoms with Crippen LogP contribution in [0.1, 0.15) is 24.2 Å². The van der Waals surface area contributed by atoms with Gasteiger partial charge in [0.25, 0.3) is 0 Å². The molecule has 0 aliphatic rings. The maximum Gasteiger partial charge on any atom is 0.338 e. The first-order valence-electron chi connectivity index (χ1n) is 4.77. The Kier molecular flexibility index (Phi) is 4.25. The molecule has 7 heteroatoms. The molecule has 0 unspecified atom stereocenters. The third-order valence-electron chi connectivity index (χ3n) is 1.97. The molecule has 4 nitrogen and oxygen atoms in total. The Morgan fingerprint density at radius 1 is 1.28 bits per heavy atom. The van der Waals surface area contributed by atoms with Gasteiger partial charge in [-0.3, -0.25) is 4.79 Å². The highest BCUT2D eigenvalue weighted by Gasteiger charge is 2.28. The number of halogens is 3. The number of esters is 1. The zero-order chi connectivity index (χ0) is 14.1. The molecule has 1 aromatic carbocycles. The second-order valence-electron chi connectivity index (χ2n) is 3.91. The van der Waals surface area contributed by atoms with E-state index in [1.165, 1.54) is 13.8 Å². The highest BCUT2D eigenvalue weighted by atomic mass is 127. The standard InChI is InChI=1S/C11H9F2IO4/c1-11(2,14)10(17)18-6-4-3-5(9(15)16)7(12)8(6)13/h3-4H,1-2H3,(H,15,16). The van der Waals surface area contributed by atoms with Crippen LogP contribution in [0.25, 0.3) is 0 Å². The van der Waals surface area contributed by atoms with Gasteiger partial charge in [-0.1, -0.05) is 22.6 Å². The Labute approximate surface area is 115 Å². The number of ether oxygens (including phenoxy) is 1. The fourth-order valence-corrected chi connectivity index (χ4v) is 1.11. The molecule has 0 aliphatic carbocycles. The minimum absolute atomic E-state index is 0.632. The van der Waals surface area contributed by atoms with E-state index < -0.39 is 38.3 Å². The van der Waals surface area contributed by atoms with Crippen molar-refractivity contribution >= 4 is 34.5 Å². The Morgan fingerprint density at radius 2 is 1.83 bits per heavy atom. The molecule has 0 saturated carbocycles. The van der Waals surface area contributed by atoms with Gasteiger partial charge in [0, 0.05) is 0 Å². The number of alkyl halides is 1. The van der Waals surface area contributed by atoms with Crippen LogP contribution >= 0.6 is 22.6 Å². The summed E-state index contributed by atoms with van der Waals surface area (Å²) in [7, 11) is 0. The van der Waals surface area contributed by atoms with Gasteiger partial charge in [-0.05, 0) is 26.0 Å². The van der Waals surface area contributed by atoms with Gasteiger partial charge in [-0.2, -0.15) is 4.39 Å². The van der Waals surface area contributed by atoms with Crippen molar-refractivity contribution in [1.29, 1.82) is 0 Å². The fraction of sp³-hybridized carbons (Fsp3) is 0.273. The van der Waals surface area contributed by atoms with Crippen LogP contribution in [-0.4, -0.2) is 20.5 Å². The molecular weight excluding hydrogens is 361 g/mol. The van der Waals surface area contributed by atoms with E-state index >= 15 is 0 Å². The van der Waals surface area contributed by atoms with E-state index in [2.05, 4.69) is 4.74 Å². The van der Waals surface area contributed by atoms with Gasteiger partial charge in [0.1, 0.15) is 3.42 Å². The number of carbonyl (C=O) groups excluding carboxylic acids is 1. The summed E-state index contributed by atoms with van der Waals surface area (Å²) in [6.45, 7) is 3.07. The molecule has 0 aliphatic heterocycles. The molecule has 1 N–H and O–H groups in total. The number of carboxylic acid groups (broad SMARTS) is 1. The SMILES string of the molecule is CC(C)(I)C(=O)Oc1ccc(C(=O)O)c(F)c1F. The van der Waals surface area contributed by atoms with Crippen LogP contribution in [0.4, 0.5) is 8.78 Å². The zero-order valence-electron chi connectivity index (χ0n) is 9.46. The number of aromatic carboxylic acids is 1. The Hall–Kier alpha value is -1.25. The number of hydrogen-bond donors (Lipinski definition) is 1. The molecule has 18 heavy (non-hydrogen) atoms. The first kappa shape index (κ1) is 14.8. The molecule has 98 valence electrons. The van der Waals surface area contributed by atoms with Crippen molar-refractivity contribution in [2.75, 3.05) is 0 Å². The molecular formula is C11H9F2IO4. The monoisotopic (exact) mass is 370 g/mol. The maximum absolute atomic E-state index is 13.5. The van der Waals surface area contributed by atoms with Crippen LogP contribution < -0.4 is 4.74 Å². The van der Waals surface area contributed by atoms with E-state index in [-0.39, 0.29) is 0 Å². The summed E-state index contributed by atoms with van der Waals surface area (Å²) < 4.78 is 30.5. The summed E-state index contributed by atoms with van der Waals surface area (Å²) in [4.78, 5) is 22.0. The molecule has 0 aromatic heterocycles. The quantitative estimate of drug-likeness (QED) is 0.385. The summed E-state index contributed by atoms with van der Waals surface area (Å²) in [6.07, 6.45) is 0. The van der Waals surface area contributed by atoms with Gasteiger partial charge in [0.05, 0.1) is 5.56 Å². The molecule has 0 radical (unpaired) electrons. The van der Waals surface area contributed by atoms with Gasteiger partial charge in [0.15, 0.2) is 11.6 Å². The maximum atomic E-state index is 13.5. The van der Waals surface area contributed by atoms with Crippen molar-refractivity contribution in [3.05, 3.63) is 29.3 Å². The zero-order valence-corrected chi connectivity index (χ0v) is 11.6. The third kappa shape index (κ3) is 3.15. The van der Waals surface area contributed by atoms with Gasteiger partial charge in [0.2, 0.25) is 5.82 Å². The summed E-state index contributed by atoms with van der Waals surface area (Å²) in [6, 6.07) is 1.74. The lowest BCUT2D eigenvalue weighted by Crippen LogP contribution is -2.29. The van der Waals surface area contributed by atoms with E-state index in [0.29, 0.717) is 0 Å². The fourth-order valence-electron chi connectivity index (χ4n) is 0.997. The smallest absolute Gasteiger partial charge is 0.338 e. The highest BCUT2D eigenvalue weighted by molar-refractivity contribution is 14.1. The van der Waals surface area contributed by atoms with Crippen molar-refractivity contribution in [1.82, 2.24) is 0 Å². The van der Waals surface area contributed by atoms with Crippen molar-refractivity contribution < 1.29 is 28.2 Å². The lowest BCUT2D eigenvalue weighted by molar-refractivity contribution is -0.135. The minimum Gasteiger partial charge on any atom is -0.478 e. The highest BCUT2D eigenvalue weighted by Crippen LogP contribution is 2.26. The largest absolute Gasteiger partial charge is 0.478 e. The third-order valence-corrected chi connectivity index (χ3v) is 2.41. The van der Waals surface area contributed by atoms with Crippen molar-refractivity contribution in [3.8, 4) is 5.75 Å². The lowest BCUT2D eigenvalue weighted by Gasteiger charge is -2.15. The topological polar surface area (TPSA) is 63.6 Å². The van der Waals surface area contributed by atoms with E-state index in [4.69, 9.17) is 5.11 Å². The van der Waals surface area contributed by atoms with E-state index in [1.54, 1.807) is 22.6 Å². The molecule has 0 amide bonds. The number of carboxylic acids is 1. The van der Waals surface area contributed by atoms with Gasteiger partial charge >= 0.3 is 11.9 Å². The molecule has 0 saturated heterocycles. The predicted octanol–water partition coefficient (Wildman–Crippen LogP) is 2.78. The van der Waals surface area contributed by atoms with Crippen LogP contribution in [0.5, 0.6) is 5.75 Å². The summed E-state index contributed by atoms with van der Waals surface area (Å²) in [5.74, 6) is -6.04. The summed E-state index contributed by atoms with van der Waals surface area (Å²) in [5, 5.41) is 8.58. The summed E-state index contributed by atoms with van der Waals surface area (Å²) >= 11 is 1.78. The first-order chi connectivity index (χ1) is 8.14. The number of hydrogen-bond acceptors (Lipinski definition) is 3. The second-order valence-corrected chi connectivity index (χ2v) is 6.60. The molecule has 0 fully saturated rings. The van der Waals surface area contributed by atoms with Crippen LogP contribution in [0.2, 0.25) is 0 Å². The molecule has 1 rings (SSSR count). The van der Waals surface area contributed by atoms with Gasteiger partial charge in [-0.15, -0.1) is 0 Å². The molecule has 1 aromatic rings.